The van der Waals surface area contributed by atoms with Crippen molar-refractivity contribution in [3.8, 4) is 0 Å². The first-order valence-electron chi connectivity index (χ1n) is 6.86. The average Bonchev–Trinajstić information content (AvgIpc) is 3.00. The number of rotatable bonds is 2. The molecule has 1 saturated heterocycles. The van der Waals surface area contributed by atoms with Crippen LogP contribution in [-0.2, 0) is 4.74 Å². The van der Waals surface area contributed by atoms with Gasteiger partial charge in [0, 0.05) is 18.4 Å². The molecule has 0 saturated carbocycles. The summed E-state index contributed by atoms with van der Waals surface area (Å²) in [4.78, 5) is 22.8. The van der Waals surface area contributed by atoms with Crippen LogP contribution >= 0.6 is 0 Å². The Morgan fingerprint density at radius 2 is 2.29 bits per heavy atom. The molecule has 1 amide bonds. The van der Waals surface area contributed by atoms with Gasteiger partial charge in [-0.2, -0.15) is 5.10 Å². The molecule has 1 aliphatic heterocycles. The van der Waals surface area contributed by atoms with Gasteiger partial charge in [0.25, 0.3) is 5.91 Å². The summed E-state index contributed by atoms with van der Waals surface area (Å²) in [5.41, 5.74) is 2.21. The largest absolute Gasteiger partial charge is 0.368 e. The summed E-state index contributed by atoms with van der Waals surface area (Å²) in [5, 5.41) is 6.51. The molecule has 110 valence electrons. The van der Waals surface area contributed by atoms with Crippen molar-refractivity contribution in [3.05, 3.63) is 41.2 Å². The van der Waals surface area contributed by atoms with Gasteiger partial charge in [0.15, 0.2) is 0 Å². The van der Waals surface area contributed by atoms with Gasteiger partial charge in [-0.3, -0.25) is 9.89 Å². The molecule has 0 spiro atoms. The van der Waals surface area contributed by atoms with Crippen molar-refractivity contribution in [1.29, 1.82) is 0 Å². The average molecular weight is 287 g/mol. The number of aromatic nitrogens is 4. The minimum absolute atomic E-state index is 0.0664. The number of ether oxygens (including phenoxy) is 1. The van der Waals surface area contributed by atoms with Gasteiger partial charge in [-0.1, -0.05) is 0 Å². The lowest BCUT2D eigenvalue weighted by molar-refractivity contribution is -0.0250. The highest BCUT2D eigenvalue weighted by Crippen LogP contribution is 2.22. The van der Waals surface area contributed by atoms with E-state index in [2.05, 4.69) is 20.2 Å². The van der Waals surface area contributed by atoms with Crippen molar-refractivity contribution in [2.24, 2.45) is 0 Å². The molecule has 2 aromatic heterocycles. The van der Waals surface area contributed by atoms with E-state index in [1.54, 1.807) is 17.2 Å². The molecule has 7 heteroatoms. The molecule has 0 radical (unpaired) electrons. The second kappa shape index (κ2) is 5.61. The van der Waals surface area contributed by atoms with Crippen molar-refractivity contribution in [1.82, 2.24) is 25.1 Å². The molecular weight excluding hydrogens is 270 g/mol. The third kappa shape index (κ3) is 2.92. The topological polar surface area (TPSA) is 84.0 Å². The van der Waals surface area contributed by atoms with Crippen LogP contribution in [0.2, 0.25) is 0 Å². The van der Waals surface area contributed by atoms with Crippen LogP contribution in [0.1, 0.15) is 33.8 Å². The molecule has 1 fully saturated rings. The number of amides is 1. The lowest BCUT2D eigenvalue weighted by Crippen LogP contribution is -2.42. The van der Waals surface area contributed by atoms with Crippen molar-refractivity contribution >= 4 is 5.91 Å². The van der Waals surface area contributed by atoms with Gasteiger partial charge in [-0.15, -0.1) is 0 Å². The normalized spacial score (nSPS) is 18.8. The second-order valence-electron chi connectivity index (χ2n) is 5.06. The predicted molar refractivity (Wildman–Crippen MR) is 74.7 cm³/mol. The number of nitrogens with one attached hydrogen (secondary N) is 1. The Bertz CT molecular complexity index is 621. The number of hydrogen-bond donors (Lipinski definition) is 1. The standard InChI is InChI=1S/C14H17N5O2/c1-9-7-12(17-10(2)16-9)13-8-19(5-6-21-13)14(20)11-3-4-15-18-11/h3-4,7,13H,5-6,8H2,1-2H3,(H,15,18). The van der Waals surface area contributed by atoms with Crippen molar-refractivity contribution in [3.63, 3.8) is 0 Å². The fraction of sp³-hybridized carbons (Fsp3) is 0.429. The van der Waals surface area contributed by atoms with Gasteiger partial charge in [-0.25, -0.2) is 9.97 Å². The van der Waals surface area contributed by atoms with E-state index in [9.17, 15) is 4.79 Å². The smallest absolute Gasteiger partial charge is 0.272 e. The van der Waals surface area contributed by atoms with E-state index >= 15 is 0 Å². The molecule has 0 aromatic carbocycles. The minimum Gasteiger partial charge on any atom is -0.368 e. The summed E-state index contributed by atoms with van der Waals surface area (Å²) >= 11 is 0. The highest BCUT2D eigenvalue weighted by atomic mass is 16.5. The van der Waals surface area contributed by atoms with E-state index in [1.807, 2.05) is 19.9 Å². The van der Waals surface area contributed by atoms with Gasteiger partial charge in [0.05, 0.1) is 18.8 Å². The first kappa shape index (κ1) is 13.7. The lowest BCUT2D eigenvalue weighted by Gasteiger charge is -2.32. The number of aryl methyl sites for hydroxylation is 2. The number of hydrogen-bond acceptors (Lipinski definition) is 5. The Labute approximate surface area is 122 Å². The summed E-state index contributed by atoms with van der Waals surface area (Å²) in [6.07, 6.45) is 1.36. The lowest BCUT2D eigenvalue weighted by atomic mass is 10.1. The Morgan fingerprint density at radius 1 is 1.43 bits per heavy atom. The maximum absolute atomic E-state index is 12.3. The first-order valence-corrected chi connectivity index (χ1v) is 6.86. The van der Waals surface area contributed by atoms with Gasteiger partial charge < -0.3 is 9.64 Å². The van der Waals surface area contributed by atoms with Gasteiger partial charge in [-0.05, 0) is 26.0 Å². The van der Waals surface area contributed by atoms with Crippen LogP contribution in [0.4, 0.5) is 0 Å². The van der Waals surface area contributed by atoms with Crippen molar-refractivity contribution in [2.45, 2.75) is 20.0 Å². The summed E-state index contributed by atoms with van der Waals surface area (Å²) in [6.45, 7) is 5.32. The van der Waals surface area contributed by atoms with Crippen molar-refractivity contribution in [2.75, 3.05) is 19.7 Å². The quantitative estimate of drug-likeness (QED) is 0.892. The van der Waals surface area contributed by atoms with Gasteiger partial charge in [0.1, 0.15) is 17.6 Å². The van der Waals surface area contributed by atoms with Crippen LogP contribution in [0.25, 0.3) is 0 Å². The third-order valence-corrected chi connectivity index (χ3v) is 3.40. The maximum Gasteiger partial charge on any atom is 0.272 e. The van der Waals surface area contributed by atoms with Crippen LogP contribution in [0.5, 0.6) is 0 Å². The highest BCUT2D eigenvalue weighted by Gasteiger charge is 2.27. The number of nitrogens with zero attached hydrogens (tertiary/aromatic N) is 4. The van der Waals surface area contributed by atoms with E-state index in [1.165, 1.54) is 0 Å². The Kier molecular flexibility index (Phi) is 3.66. The van der Waals surface area contributed by atoms with E-state index in [-0.39, 0.29) is 12.0 Å². The third-order valence-electron chi connectivity index (χ3n) is 3.40. The van der Waals surface area contributed by atoms with E-state index in [4.69, 9.17) is 4.74 Å². The Morgan fingerprint density at radius 3 is 3.00 bits per heavy atom. The van der Waals surface area contributed by atoms with Gasteiger partial charge in [0.2, 0.25) is 0 Å². The van der Waals surface area contributed by atoms with Crippen molar-refractivity contribution < 1.29 is 9.53 Å². The molecule has 1 N–H and O–H groups in total. The monoisotopic (exact) mass is 287 g/mol. The number of aromatic amines is 1. The zero-order valence-corrected chi connectivity index (χ0v) is 12.0. The van der Waals surface area contributed by atoms with E-state index in [0.29, 0.717) is 31.2 Å². The Balaban J connectivity index is 1.78. The molecule has 0 bridgehead atoms. The highest BCUT2D eigenvalue weighted by molar-refractivity contribution is 5.92. The minimum atomic E-state index is -0.217. The van der Waals surface area contributed by atoms with Crippen LogP contribution in [-0.4, -0.2) is 50.7 Å². The number of carbonyl (C=O) groups is 1. The van der Waals surface area contributed by atoms with Crippen LogP contribution in [0, 0.1) is 13.8 Å². The summed E-state index contributed by atoms with van der Waals surface area (Å²) in [6, 6.07) is 3.58. The molecule has 7 nitrogen and oxygen atoms in total. The molecule has 21 heavy (non-hydrogen) atoms. The summed E-state index contributed by atoms with van der Waals surface area (Å²) in [7, 11) is 0. The van der Waals surface area contributed by atoms with E-state index < -0.39 is 0 Å². The summed E-state index contributed by atoms with van der Waals surface area (Å²) in [5.74, 6) is 0.647. The fourth-order valence-corrected chi connectivity index (χ4v) is 2.47. The molecular formula is C14H17N5O2. The maximum atomic E-state index is 12.3. The molecule has 2 aromatic rings. The second-order valence-corrected chi connectivity index (χ2v) is 5.06. The molecule has 3 rings (SSSR count). The zero-order chi connectivity index (χ0) is 14.8. The molecule has 1 unspecified atom stereocenters. The zero-order valence-electron chi connectivity index (χ0n) is 12.0. The van der Waals surface area contributed by atoms with Gasteiger partial charge >= 0.3 is 0 Å². The first-order chi connectivity index (χ1) is 10.1. The SMILES string of the molecule is Cc1cc(C2CN(C(=O)c3ccn[nH]3)CCO2)nc(C)n1. The van der Waals surface area contributed by atoms with Crippen LogP contribution in [0.15, 0.2) is 18.3 Å². The summed E-state index contributed by atoms with van der Waals surface area (Å²) < 4.78 is 5.76. The van der Waals surface area contributed by atoms with Crippen LogP contribution in [0.3, 0.4) is 0 Å². The number of morpholine rings is 1. The van der Waals surface area contributed by atoms with Crippen LogP contribution < -0.4 is 0 Å². The predicted octanol–water partition coefficient (Wildman–Crippen LogP) is 1.03. The fourth-order valence-electron chi connectivity index (χ4n) is 2.47. The number of carbonyl (C=O) groups excluding carboxylic acids is 1. The number of H-pyrrole nitrogens is 1. The molecule has 1 aliphatic rings. The van der Waals surface area contributed by atoms with E-state index in [0.717, 1.165) is 11.4 Å². The molecule has 3 heterocycles. The Hall–Kier alpha value is -2.28. The molecule has 0 aliphatic carbocycles. The molecule has 1 atom stereocenters.